The lowest BCUT2D eigenvalue weighted by atomic mass is 10.1. The summed E-state index contributed by atoms with van der Waals surface area (Å²) in [5.41, 5.74) is 2.60. The molecule has 28 heavy (non-hydrogen) atoms. The maximum atomic E-state index is 12.8. The summed E-state index contributed by atoms with van der Waals surface area (Å²) in [6.45, 7) is 3.83. The number of aryl methyl sites for hydroxylation is 1. The molecule has 8 heteroatoms. The Morgan fingerprint density at radius 1 is 1.11 bits per heavy atom. The van der Waals surface area contributed by atoms with Gasteiger partial charge in [-0.25, -0.2) is 8.42 Å². The highest BCUT2D eigenvalue weighted by Gasteiger charge is 2.28. The molecule has 0 bridgehead atoms. The number of hydrogen-bond donors (Lipinski definition) is 0. The number of sulfonamides is 1. The SMILES string of the molecule is Cc1nc(-c2c[c]ccc2N2CCN(S(=O)(=O)Cc3ccccc3)CC2)no1. The Morgan fingerprint density at radius 3 is 2.54 bits per heavy atom. The van der Waals surface area contributed by atoms with Crippen molar-refractivity contribution in [1.29, 1.82) is 0 Å². The van der Waals surface area contributed by atoms with E-state index in [1.807, 2.05) is 48.5 Å². The predicted octanol–water partition coefficient (Wildman–Crippen LogP) is 2.50. The van der Waals surface area contributed by atoms with Gasteiger partial charge in [0, 0.05) is 44.4 Å². The van der Waals surface area contributed by atoms with Crippen LogP contribution in [0.2, 0.25) is 0 Å². The van der Waals surface area contributed by atoms with Gasteiger partial charge in [-0.05, 0) is 23.8 Å². The molecule has 1 aromatic heterocycles. The van der Waals surface area contributed by atoms with Crippen LogP contribution in [0.5, 0.6) is 0 Å². The maximum absolute atomic E-state index is 12.8. The fourth-order valence-corrected chi connectivity index (χ4v) is 4.88. The molecule has 1 radical (unpaired) electrons. The molecular formula is C20H21N4O3S. The van der Waals surface area contributed by atoms with Crippen LogP contribution >= 0.6 is 0 Å². The van der Waals surface area contributed by atoms with Gasteiger partial charge < -0.3 is 9.42 Å². The van der Waals surface area contributed by atoms with E-state index in [4.69, 9.17) is 4.52 Å². The fourth-order valence-electron chi connectivity index (χ4n) is 3.37. The van der Waals surface area contributed by atoms with E-state index >= 15 is 0 Å². The van der Waals surface area contributed by atoms with E-state index in [0.717, 1.165) is 16.8 Å². The first kappa shape index (κ1) is 18.6. The van der Waals surface area contributed by atoms with Gasteiger partial charge in [-0.2, -0.15) is 9.29 Å². The van der Waals surface area contributed by atoms with Crippen molar-refractivity contribution in [2.75, 3.05) is 31.1 Å². The maximum Gasteiger partial charge on any atom is 0.223 e. The van der Waals surface area contributed by atoms with Crippen molar-refractivity contribution < 1.29 is 12.9 Å². The largest absolute Gasteiger partial charge is 0.368 e. The summed E-state index contributed by atoms with van der Waals surface area (Å²) >= 11 is 0. The minimum absolute atomic E-state index is 0.0293. The summed E-state index contributed by atoms with van der Waals surface area (Å²) in [7, 11) is -3.34. The lowest BCUT2D eigenvalue weighted by Gasteiger charge is -2.36. The third-order valence-corrected chi connectivity index (χ3v) is 6.62. The molecule has 2 aromatic carbocycles. The Balaban J connectivity index is 1.48. The van der Waals surface area contributed by atoms with Crippen molar-refractivity contribution in [3.8, 4) is 11.4 Å². The Morgan fingerprint density at radius 2 is 1.86 bits per heavy atom. The van der Waals surface area contributed by atoms with Crippen LogP contribution in [0.4, 0.5) is 5.69 Å². The zero-order valence-electron chi connectivity index (χ0n) is 15.6. The van der Waals surface area contributed by atoms with E-state index in [2.05, 4.69) is 21.1 Å². The number of rotatable bonds is 5. The van der Waals surface area contributed by atoms with Crippen LogP contribution in [0, 0.1) is 13.0 Å². The summed E-state index contributed by atoms with van der Waals surface area (Å²) in [4.78, 5) is 6.46. The molecular weight excluding hydrogens is 376 g/mol. The van der Waals surface area contributed by atoms with Gasteiger partial charge in [0.15, 0.2) is 0 Å². The topological polar surface area (TPSA) is 79.5 Å². The Hall–Kier alpha value is -2.71. The molecule has 0 N–H and O–H groups in total. The molecule has 3 aromatic rings. The molecule has 1 aliphatic heterocycles. The fraction of sp³-hybridized carbons (Fsp3) is 0.300. The van der Waals surface area contributed by atoms with E-state index in [-0.39, 0.29) is 5.75 Å². The van der Waals surface area contributed by atoms with Gasteiger partial charge in [-0.15, -0.1) is 0 Å². The second-order valence-corrected chi connectivity index (χ2v) is 8.68. The van der Waals surface area contributed by atoms with Crippen molar-refractivity contribution in [1.82, 2.24) is 14.4 Å². The van der Waals surface area contributed by atoms with Gasteiger partial charge in [0.1, 0.15) is 0 Å². The van der Waals surface area contributed by atoms with Crippen molar-refractivity contribution in [3.63, 3.8) is 0 Å². The highest BCUT2D eigenvalue weighted by atomic mass is 32.2. The molecule has 7 nitrogen and oxygen atoms in total. The molecule has 0 unspecified atom stereocenters. The zero-order chi connectivity index (χ0) is 19.6. The average molecular weight is 397 g/mol. The lowest BCUT2D eigenvalue weighted by Crippen LogP contribution is -2.49. The minimum atomic E-state index is -3.34. The van der Waals surface area contributed by atoms with Crippen LogP contribution in [0.3, 0.4) is 0 Å². The van der Waals surface area contributed by atoms with Gasteiger partial charge in [0.2, 0.25) is 21.7 Å². The molecule has 4 rings (SSSR count). The van der Waals surface area contributed by atoms with Crippen LogP contribution in [0.15, 0.2) is 53.1 Å². The van der Waals surface area contributed by atoms with Gasteiger partial charge in [-0.3, -0.25) is 0 Å². The molecule has 0 aliphatic carbocycles. The quantitative estimate of drug-likeness (QED) is 0.658. The third-order valence-electron chi connectivity index (χ3n) is 4.77. The van der Waals surface area contributed by atoms with Gasteiger partial charge in [0.25, 0.3) is 0 Å². The third kappa shape index (κ3) is 3.93. The van der Waals surface area contributed by atoms with E-state index in [1.54, 1.807) is 11.2 Å². The van der Waals surface area contributed by atoms with Crippen molar-refractivity contribution in [2.24, 2.45) is 0 Å². The summed E-state index contributed by atoms with van der Waals surface area (Å²) in [5.74, 6) is 1.05. The van der Waals surface area contributed by atoms with Crippen LogP contribution in [-0.4, -0.2) is 49.0 Å². The van der Waals surface area contributed by atoms with E-state index < -0.39 is 10.0 Å². The first-order chi connectivity index (χ1) is 13.5. The average Bonchev–Trinajstić information content (AvgIpc) is 3.15. The predicted molar refractivity (Wildman–Crippen MR) is 106 cm³/mol. The molecule has 145 valence electrons. The lowest BCUT2D eigenvalue weighted by molar-refractivity contribution is 0.384. The molecule has 2 heterocycles. The van der Waals surface area contributed by atoms with Gasteiger partial charge in [-0.1, -0.05) is 41.6 Å². The van der Waals surface area contributed by atoms with Crippen molar-refractivity contribution >= 4 is 15.7 Å². The molecule has 0 spiro atoms. The van der Waals surface area contributed by atoms with E-state index in [0.29, 0.717) is 37.9 Å². The van der Waals surface area contributed by atoms with Gasteiger partial charge >= 0.3 is 0 Å². The van der Waals surface area contributed by atoms with Crippen LogP contribution in [-0.2, 0) is 15.8 Å². The molecule has 1 aliphatic rings. The number of nitrogens with zero attached hydrogens (tertiary/aromatic N) is 4. The molecule has 0 atom stereocenters. The van der Waals surface area contributed by atoms with Crippen LogP contribution < -0.4 is 4.90 Å². The second kappa shape index (κ2) is 7.73. The van der Waals surface area contributed by atoms with E-state index in [9.17, 15) is 8.42 Å². The molecule has 1 saturated heterocycles. The number of aromatic nitrogens is 2. The van der Waals surface area contributed by atoms with E-state index in [1.165, 1.54) is 0 Å². The van der Waals surface area contributed by atoms with Crippen LogP contribution in [0.25, 0.3) is 11.4 Å². The second-order valence-electron chi connectivity index (χ2n) is 6.71. The molecule has 1 fully saturated rings. The molecule has 0 saturated carbocycles. The highest BCUT2D eigenvalue weighted by Crippen LogP contribution is 2.29. The summed E-state index contributed by atoms with van der Waals surface area (Å²) < 4.78 is 32.2. The summed E-state index contributed by atoms with van der Waals surface area (Å²) in [6, 6.07) is 18.0. The first-order valence-corrected chi connectivity index (χ1v) is 10.7. The zero-order valence-corrected chi connectivity index (χ0v) is 16.4. The number of anilines is 1. The van der Waals surface area contributed by atoms with Crippen LogP contribution in [0.1, 0.15) is 11.5 Å². The number of benzene rings is 2. The van der Waals surface area contributed by atoms with Gasteiger partial charge in [0.05, 0.1) is 5.75 Å². The number of hydrogen-bond acceptors (Lipinski definition) is 6. The Bertz CT molecular complexity index is 1040. The Kier molecular flexibility index (Phi) is 5.15. The molecule has 0 amide bonds. The first-order valence-electron chi connectivity index (χ1n) is 9.10. The highest BCUT2D eigenvalue weighted by molar-refractivity contribution is 7.88. The monoisotopic (exact) mass is 397 g/mol. The smallest absolute Gasteiger partial charge is 0.223 e. The summed E-state index contributed by atoms with van der Waals surface area (Å²) in [5, 5.41) is 4.00. The standard InChI is InChI=1S/C20H21N4O3S/c1-16-21-20(22-27-16)18-9-5-6-10-19(18)23-11-13-24(14-12-23)28(25,26)15-17-7-3-2-4-8-17/h2-4,6-10H,11-15H2,1H3. The minimum Gasteiger partial charge on any atom is -0.368 e. The Labute approximate surface area is 164 Å². The van der Waals surface area contributed by atoms with Crippen molar-refractivity contribution in [2.45, 2.75) is 12.7 Å². The number of piperazine rings is 1. The van der Waals surface area contributed by atoms with Crippen molar-refractivity contribution in [3.05, 3.63) is 66.1 Å². The normalized spacial score (nSPS) is 15.7. The summed E-state index contributed by atoms with van der Waals surface area (Å²) in [6.07, 6.45) is 0.